The average Bonchev–Trinajstić information content (AvgIpc) is 3.07. The molecule has 0 aliphatic carbocycles. The molecule has 10 heteroatoms. The zero-order chi connectivity index (χ0) is 21.0. The van der Waals surface area contributed by atoms with Gasteiger partial charge < -0.3 is 14.8 Å². The minimum Gasteiger partial charge on any atom is -0.490 e. The summed E-state index contributed by atoms with van der Waals surface area (Å²) in [4.78, 5) is 12.6. The summed E-state index contributed by atoms with van der Waals surface area (Å²) < 4.78 is 60.3. The summed E-state index contributed by atoms with van der Waals surface area (Å²) in [7, 11) is 0. The van der Waals surface area contributed by atoms with Crippen LogP contribution < -0.4 is 14.8 Å². The molecule has 152 valence electrons. The minimum atomic E-state index is -4.80. The molecular formula is C19H15F4N3O3. The van der Waals surface area contributed by atoms with Crippen molar-refractivity contribution in [3.63, 3.8) is 0 Å². The van der Waals surface area contributed by atoms with Gasteiger partial charge in [0.25, 0.3) is 5.91 Å². The number of aromatic nitrogens is 2. The van der Waals surface area contributed by atoms with Crippen LogP contribution in [0.15, 0.2) is 54.7 Å². The molecule has 6 nitrogen and oxygen atoms in total. The summed E-state index contributed by atoms with van der Waals surface area (Å²) in [5, 5.41) is 6.70. The molecule has 0 unspecified atom stereocenters. The topological polar surface area (TPSA) is 65.4 Å². The number of carbonyl (C=O) groups is 1. The van der Waals surface area contributed by atoms with E-state index < -0.39 is 23.8 Å². The third kappa shape index (κ3) is 5.24. The van der Waals surface area contributed by atoms with E-state index in [-0.39, 0.29) is 23.7 Å². The van der Waals surface area contributed by atoms with E-state index >= 15 is 0 Å². The summed E-state index contributed by atoms with van der Waals surface area (Å²) in [6.07, 6.45) is -3.32. The molecule has 2 aromatic carbocycles. The molecule has 1 heterocycles. The fourth-order valence-corrected chi connectivity index (χ4v) is 2.43. The van der Waals surface area contributed by atoms with Crippen LogP contribution in [-0.4, -0.2) is 28.7 Å². The number of alkyl halides is 3. The minimum absolute atomic E-state index is 0.0354. The second kappa shape index (κ2) is 8.21. The molecule has 0 bridgehead atoms. The van der Waals surface area contributed by atoms with Gasteiger partial charge in [-0.05, 0) is 55.5 Å². The highest BCUT2D eigenvalue weighted by Gasteiger charge is 2.31. The van der Waals surface area contributed by atoms with E-state index in [1.54, 1.807) is 6.92 Å². The zero-order valence-electron chi connectivity index (χ0n) is 15.0. The molecule has 0 atom stereocenters. The highest BCUT2D eigenvalue weighted by Crippen LogP contribution is 2.25. The van der Waals surface area contributed by atoms with E-state index in [1.807, 2.05) is 0 Å². The monoisotopic (exact) mass is 409 g/mol. The number of hydrogen-bond donors (Lipinski definition) is 1. The maximum atomic E-state index is 13.1. The average molecular weight is 409 g/mol. The number of carbonyl (C=O) groups excluding carboxylic acids is 1. The molecule has 1 aromatic heterocycles. The first kappa shape index (κ1) is 20.2. The summed E-state index contributed by atoms with van der Waals surface area (Å²) >= 11 is 0. The number of benzene rings is 2. The predicted octanol–water partition coefficient (Wildman–Crippen LogP) is 4.56. The number of amides is 1. The molecule has 0 aliphatic heterocycles. The quantitative estimate of drug-likeness (QED) is 0.606. The van der Waals surface area contributed by atoms with E-state index in [9.17, 15) is 22.4 Å². The Balaban J connectivity index is 1.80. The first-order valence-electron chi connectivity index (χ1n) is 8.41. The van der Waals surface area contributed by atoms with Gasteiger partial charge in [-0.3, -0.25) is 4.79 Å². The Hall–Kier alpha value is -3.56. The lowest BCUT2D eigenvalue weighted by atomic mass is 10.3. The van der Waals surface area contributed by atoms with E-state index in [2.05, 4.69) is 15.2 Å². The molecule has 0 aliphatic rings. The van der Waals surface area contributed by atoms with Gasteiger partial charge in [0.15, 0.2) is 11.4 Å². The number of hydrogen-bond acceptors (Lipinski definition) is 4. The van der Waals surface area contributed by atoms with E-state index in [0.29, 0.717) is 5.69 Å². The molecule has 0 saturated carbocycles. The van der Waals surface area contributed by atoms with Crippen LogP contribution in [0.2, 0.25) is 0 Å². The van der Waals surface area contributed by atoms with Crippen molar-refractivity contribution in [2.24, 2.45) is 0 Å². The lowest BCUT2D eigenvalue weighted by Crippen LogP contribution is -2.17. The van der Waals surface area contributed by atoms with Crippen molar-refractivity contribution in [1.29, 1.82) is 0 Å². The van der Waals surface area contributed by atoms with Gasteiger partial charge >= 0.3 is 6.36 Å². The van der Waals surface area contributed by atoms with Crippen LogP contribution in [0, 0.1) is 5.82 Å². The second-order valence-electron chi connectivity index (χ2n) is 5.72. The van der Waals surface area contributed by atoms with E-state index in [1.165, 1.54) is 47.3 Å². The molecule has 0 saturated heterocycles. The standard InChI is InChI=1S/C19H15F4N3O3/c1-2-28-16-11-26(14-7-3-12(20)4-8-14)25-17(16)18(27)24-13-5-9-15(10-6-13)29-19(21,22)23/h3-11H,2H2,1H3,(H,24,27). The van der Waals surface area contributed by atoms with Crippen molar-refractivity contribution in [2.45, 2.75) is 13.3 Å². The number of nitrogens with zero attached hydrogens (tertiary/aromatic N) is 2. The van der Waals surface area contributed by atoms with Crippen LogP contribution >= 0.6 is 0 Å². The molecule has 29 heavy (non-hydrogen) atoms. The molecule has 1 amide bonds. The summed E-state index contributed by atoms with van der Waals surface area (Å²) in [5.74, 6) is -1.25. The Morgan fingerprint density at radius 3 is 2.34 bits per heavy atom. The van der Waals surface area contributed by atoms with Gasteiger partial charge in [-0.1, -0.05) is 0 Å². The van der Waals surface area contributed by atoms with Crippen molar-refractivity contribution >= 4 is 11.6 Å². The summed E-state index contributed by atoms with van der Waals surface area (Å²) in [5.41, 5.74) is 0.718. The van der Waals surface area contributed by atoms with Crippen LogP contribution in [0.1, 0.15) is 17.4 Å². The van der Waals surface area contributed by atoms with Gasteiger partial charge in [0, 0.05) is 5.69 Å². The molecule has 0 fully saturated rings. The Kier molecular flexibility index (Phi) is 5.71. The van der Waals surface area contributed by atoms with Crippen molar-refractivity contribution in [2.75, 3.05) is 11.9 Å². The molecule has 3 aromatic rings. The zero-order valence-corrected chi connectivity index (χ0v) is 15.0. The highest BCUT2D eigenvalue weighted by molar-refractivity contribution is 6.04. The van der Waals surface area contributed by atoms with Crippen molar-refractivity contribution in [3.05, 3.63) is 66.2 Å². The Morgan fingerprint density at radius 1 is 1.10 bits per heavy atom. The normalized spacial score (nSPS) is 11.2. The Morgan fingerprint density at radius 2 is 1.76 bits per heavy atom. The highest BCUT2D eigenvalue weighted by atomic mass is 19.4. The van der Waals surface area contributed by atoms with Crippen molar-refractivity contribution in [3.8, 4) is 17.2 Å². The fraction of sp³-hybridized carbons (Fsp3) is 0.158. The maximum Gasteiger partial charge on any atom is 0.573 e. The Labute approximate surface area is 162 Å². The van der Waals surface area contributed by atoms with E-state index in [4.69, 9.17) is 4.74 Å². The van der Waals surface area contributed by atoms with Crippen LogP contribution in [0.5, 0.6) is 11.5 Å². The maximum absolute atomic E-state index is 13.1. The van der Waals surface area contributed by atoms with Gasteiger partial charge in [-0.15, -0.1) is 13.2 Å². The molecule has 0 radical (unpaired) electrons. The van der Waals surface area contributed by atoms with Gasteiger partial charge in [0.1, 0.15) is 11.6 Å². The van der Waals surface area contributed by atoms with Gasteiger partial charge in [-0.25, -0.2) is 9.07 Å². The van der Waals surface area contributed by atoms with Crippen molar-refractivity contribution < 1.29 is 31.8 Å². The molecular weight excluding hydrogens is 394 g/mol. The van der Waals surface area contributed by atoms with Crippen LogP contribution in [0.3, 0.4) is 0 Å². The van der Waals surface area contributed by atoms with Gasteiger partial charge in [-0.2, -0.15) is 5.10 Å². The van der Waals surface area contributed by atoms with Crippen LogP contribution in [-0.2, 0) is 0 Å². The van der Waals surface area contributed by atoms with Gasteiger partial charge in [0.2, 0.25) is 0 Å². The first-order valence-corrected chi connectivity index (χ1v) is 8.41. The van der Waals surface area contributed by atoms with Crippen LogP contribution in [0.4, 0.5) is 23.2 Å². The van der Waals surface area contributed by atoms with E-state index in [0.717, 1.165) is 12.1 Å². The lowest BCUT2D eigenvalue weighted by Gasteiger charge is -2.10. The SMILES string of the molecule is CCOc1cn(-c2ccc(F)cc2)nc1C(=O)Nc1ccc(OC(F)(F)F)cc1. The number of nitrogens with one attached hydrogen (secondary N) is 1. The third-order valence-corrected chi connectivity index (χ3v) is 3.63. The largest absolute Gasteiger partial charge is 0.573 e. The molecule has 3 rings (SSSR count). The summed E-state index contributed by atoms with van der Waals surface area (Å²) in [6, 6.07) is 10.1. The first-order chi connectivity index (χ1) is 13.7. The number of anilines is 1. The number of halogens is 4. The van der Waals surface area contributed by atoms with Crippen LogP contribution in [0.25, 0.3) is 5.69 Å². The number of ether oxygens (including phenoxy) is 2. The molecule has 1 N–H and O–H groups in total. The number of rotatable bonds is 6. The fourth-order valence-electron chi connectivity index (χ4n) is 2.43. The molecule has 0 spiro atoms. The third-order valence-electron chi connectivity index (χ3n) is 3.63. The van der Waals surface area contributed by atoms with Crippen molar-refractivity contribution in [1.82, 2.24) is 9.78 Å². The smallest absolute Gasteiger partial charge is 0.490 e. The second-order valence-corrected chi connectivity index (χ2v) is 5.72. The Bertz CT molecular complexity index is 983. The summed E-state index contributed by atoms with van der Waals surface area (Å²) in [6.45, 7) is 2.01. The lowest BCUT2D eigenvalue weighted by molar-refractivity contribution is -0.274. The predicted molar refractivity (Wildman–Crippen MR) is 95.8 cm³/mol. The van der Waals surface area contributed by atoms with Gasteiger partial charge in [0.05, 0.1) is 18.5 Å².